The zero-order valence-corrected chi connectivity index (χ0v) is 11.2. The highest BCUT2D eigenvalue weighted by atomic mass is 16.5. The quantitative estimate of drug-likeness (QED) is 0.853. The Morgan fingerprint density at radius 3 is 2.89 bits per heavy atom. The number of hydrogen-bond donors (Lipinski definition) is 2. The van der Waals surface area contributed by atoms with Gasteiger partial charge < -0.3 is 15.6 Å². The summed E-state index contributed by atoms with van der Waals surface area (Å²) in [6, 6.07) is 0.308. The molecule has 2 saturated carbocycles. The Kier molecular flexibility index (Phi) is 3.05. The largest absolute Gasteiger partial charge is 0.346 e. The fourth-order valence-electron chi connectivity index (χ4n) is 2.65. The fourth-order valence-corrected chi connectivity index (χ4v) is 2.65. The molecule has 1 amide bonds. The van der Waals surface area contributed by atoms with E-state index in [9.17, 15) is 4.79 Å². The molecule has 2 fully saturated rings. The predicted molar refractivity (Wildman–Crippen MR) is 68.6 cm³/mol. The maximum Gasteiger partial charge on any atom is 0.292 e. The highest BCUT2D eigenvalue weighted by Gasteiger charge is 2.41. The normalized spacial score (nSPS) is 31.2. The van der Waals surface area contributed by atoms with Crippen LogP contribution in [-0.2, 0) is 5.41 Å². The van der Waals surface area contributed by atoms with E-state index < -0.39 is 0 Å². The Bertz CT molecular complexity index is 483. The minimum Gasteiger partial charge on any atom is -0.346 e. The molecule has 0 aromatic carbocycles. The second-order valence-electron chi connectivity index (χ2n) is 5.94. The molecule has 6 heteroatoms. The van der Waals surface area contributed by atoms with Gasteiger partial charge in [-0.15, -0.1) is 0 Å². The molecule has 3 rings (SSSR count). The van der Waals surface area contributed by atoms with E-state index >= 15 is 0 Å². The molecule has 1 heterocycles. The van der Waals surface area contributed by atoms with Gasteiger partial charge in [-0.1, -0.05) is 18.0 Å². The zero-order chi connectivity index (χ0) is 13.5. The number of rotatable bonds is 3. The summed E-state index contributed by atoms with van der Waals surface area (Å²) in [7, 11) is 0. The van der Waals surface area contributed by atoms with Gasteiger partial charge in [-0.2, -0.15) is 4.98 Å². The van der Waals surface area contributed by atoms with Crippen LogP contribution >= 0.6 is 0 Å². The average molecular weight is 264 g/mol. The lowest BCUT2D eigenvalue weighted by Gasteiger charge is -2.35. The Hall–Kier alpha value is -1.43. The number of hydrogen-bond acceptors (Lipinski definition) is 5. The van der Waals surface area contributed by atoms with Crippen LogP contribution in [0.3, 0.4) is 0 Å². The maximum absolute atomic E-state index is 11.8. The molecule has 1 aromatic rings. The van der Waals surface area contributed by atoms with E-state index in [1.807, 2.05) is 6.92 Å². The van der Waals surface area contributed by atoms with E-state index in [4.69, 9.17) is 10.3 Å². The second-order valence-corrected chi connectivity index (χ2v) is 5.94. The van der Waals surface area contributed by atoms with Crippen molar-refractivity contribution in [3.8, 4) is 0 Å². The molecule has 6 nitrogen and oxygen atoms in total. The summed E-state index contributed by atoms with van der Waals surface area (Å²) >= 11 is 0. The molecule has 2 unspecified atom stereocenters. The molecular weight excluding hydrogens is 244 g/mol. The second kappa shape index (κ2) is 4.59. The highest BCUT2D eigenvalue weighted by molar-refractivity contribution is 5.90. The van der Waals surface area contributed by atoms with Gasteiger partial charge in [-0.3, -0.25) is 4.79 Å². The van der Waals surface area contributed by atoms with Gasteiger partial charge in [0.05, 0.1) is 5.41 Å². The third-order valence-corrected chi connectivity index (χ3v) is 4.31. The summed E-state index contributed by atoms with van der Waals surface area (Å²) < 4.78 is 5.30. The van der Waals surface area contributed by atoms with Crippen molar-refractivity contribution in [3.05, 3.63) is 11.7 Å². The van der Waals surface area contributed by atoms with Crippen molar-refractivity contribution in [1.82, 2.24) is 15.5 Å². The third kappa shape index (κ3) is 2.36. The molecule has 19 heavy (non-hydrogen) atoms. The summed E-state index contributed by atoms with van der Waals surface area (Å²) in [6.45, 7) is 2.05. The Morgan fingerprint density at radius 1 is 1.42 bits per heavy atom. The van der Waals surface area contributed by atoms with E-state index in [1.165, 1.54) is 0 Å². The van der Waals surface area contributed by atoms with Gasteiger partial charge in [-0.05, 0) is 32.6 Å². The van der Waals surface area contributed by atoms with Gasteiger partial charge in [0.1, 0.15) is 0 Å². The summed E-state index contributed by atoms with van der Waals surface area (Å²) in [5.74, 6) is 0.382. The summed E-state index contributed by atoms with van der Waals surface area (Å²) in [6.07, 6.45) is 6.22. The van der Waals surface area contributed by atoms with Crippen molar-refractivity contribution in [1.29, 1.82) is 0 Å². The lowest BCUT2D eigenvalue weighted by atomic mass is 9.72. The third-order valence-electron chi connectivity index (χ3n) is 4.31. The minimum absolute atomic E-state index is 0.0149. The number of carbonyl (C=O) groups excluding carboxylic acids is 1. The van der Waals surface area contributed by atoms with Crippen LogP contribution in [-0.4, -0.2) is 28.1 Å². The summed E-state index contributed by atoms with van der Waals surface area (Å²) in [5.41, 5.74) is 5.89. The molecule has 0 bridgehead atoms. The van der Waals surface area contributed by atoms with Crippen LogP contribution in [0.4, 0.5) is 0 Å². The van der Waals surface area contributed by atoms with Gasteiger partial charge in [0.25, 0.3) is 11.7 Å². The smallest absolute Gasteiger partial charge is 0.292 e. The molecule has 2 atom stereocenters. The zero-order valence-electron chi connectivity index (χ0n) is 11.2. The maximum atomic E-state index is 11.8. The number of nitrogens with zero attached hydrogens (tertiary/aromatic N) is 2. The van der Waals surface area contributed by atoms with Crippen molar-refractivity contribution in [3.63, 3.8) is 0 Å². The lowest BCUT2D eigenvalue weighted by Crippen LogP contribution is -2.45. The van der Waals surface area contributed by atoms with E-state index in [2.05, 4.69) is 15.5 Å². The molecule has 2 aliphatic rings. The predicted octanol–water partition coefficient (Wildman–Crippen LogP) is 1.12. The van der Waals surface area contributed by atoms with E-state index in [0.717, 1.165) is 38.5 Å². The van der Waals surface area contributed by atoms with E-state index in [1.54, 1.807) is 0 Å². The Balaban J connectivity index is 1.77. The lowest BCUT2D eigenvalue weighted by molar-refractivity contribution is 0.0937. The SMILES string of the molecule is CC1(c2nc(C(=O)NC3CC3)no2)CCCCC1N. The molecular formula is C13H20N4O2. The molecule has 0 saturated heterocycles. The molecule has 0 radical (unpaired) electrons. The molecule has 0 aliphatic heterocycles. The van der Waals surface area contributed by atoms with Crippen molar-refractivity contribution >= 4 is 5.91 Å². The van der Waals surface area contributed by atoms with E-state index in [-0.39, 0.29) is 23.2 Å². The van der Waals surface area contributed by atoms with E-state index in [0.29, 0.717) is 11.9 Å². The molecule has 3 N–H and O–H groups in total. The van der Waals surface area contributed by atoms with Crippen LogP contribution in [0, 0.1) is 0 Å². The number of aromatic nitrogens is 2. The van der Waals surface area contributed by atoms with Crippen molar-refractivity contribution in [2.75, 3.05) is 0 Å². The summed E-state index contributed by atoms with van der Waals surface area (Å²) in [4.78, 5) is 16.1. The van der Waals surface area contributed by atoms with Crippen molar-refractivity contribution < 1.29 is 9.32 Å². The van der Waals surface area contributed by atoms with Gasteiger partial charge in [0, 0.05) is 12.1 Å². The summed E-state index contributed by atoms with van der Waals surface area (Å²) in [5, 5.41) is 6.65. The van der Waals surface area contributed by atoms with Crippen LogP contribution in [0.2, 0.25) is 0 Å². The van der Waals surface area contributed by atoms with Crippen LogP contribution in [0.1, 0.15) is 62.0 Å². The Morgan fingerprint density at radius 2 is 2.21 bits per heavy atom. The monoisotopic (exact) mass is 264 g/mol. The standard InChI is InChI=1S/C13H20N4O2/c1-13(7-3-2-4-9(13)14)12-16-10(17-19-12)11(18)15-8-5-6-8/h8-9H,2-7,14H2,1H3,(H,15,18). The first kappa shape index (κ1) is 12.6. The molecule has 104 valence electrons. The average Bonchev–Trinajstić information content (AvgIpc) is 3.06. The van der Waals surface area contributed by atoms with Crippen molar-refractivity contribution in [2.45, 2.75) is 62.9 Å². The topological polar surface area (TPSA) is 94.0 Å². The first-order chi connectivity index (χ1) is 9.09. The highest BCUT2D eigenvalue weighted by Crippen LogP contribution is 2.37. The van der Waals surface area contributed by atoms with Gasteiger partial charge in [-0.25, -0.2) is 0 Å². The van der Waals surface area contributed by atoms with Crippen molar-refractivity contribution in [2.24, 2.45) is 5.73 Å². The van der Waals surface area contributed by atoms with Gasteiger partial charge in [0.2, 0.25) is 5.89 Å². The van der Waals surface area contributed by atoms with Gasteiger partial charge >= 0.3 is 0 Å². The number of amides is 1. The molecule has 0 spiro atoms. The van der Waals surface area contributed by atoms with Gasteiger partial charge in [0.15, 0.2) is 0 Å². The van der Waals surface area contributed by atoms with Crippen LogP contribution in [0.5, 0.6) is 0 Å². The number of carbonyl (C=O) groups is 1. The minimum atomic E-state index is -0.302. The molecule has 2 aliphatic carbocycles. The Labute approximate surface area is 112 Å². The fraction of sp³-hybridized carbons (Fsp3) is 0.769. The van der Waals surface area contributed by atoms with Crippen LogP contribution in [0.25, 0.3) is 0 Å². The first-order valence-electron chi connectivity index (χ1n) is 7.00. The number of nitrogens with one attached hydrogen (secondary N) is 1. The molecule has 1 aromatic heterocycles. The van der Waals surface area contributed by atoms with Crippen LogP contribution < -0.4 is 11.1 Å². The van der Waals surface area contributed by atoms with Crippen LogP contribution in [0.15, 0.2) is 4.52 Å². The first-order valence-corrected chi connectivity index (χ1v) is 7.00. The number of nitrogens with two attached hydrogens (primary N) is 1.